The van der Waals surface area contributed by atoms with Gasteiger partial charge in [-0.15, -0.1) is 0 Å². The fourth-order valence-corrected chi connectivity index (χ4v) is 1.49. The molecule has 3 nitrogen and oxygen atoms in total. The molecule has 0 radical (unpaired) electrons. The molecule has 0 atom stereocenters. The van der Waals surface area contributed by atoms with Crippen molar-refractivity contribution in [3.05, 3.63) is 28.2 Å². The minimum absolute atomic E-state index is 0.0988. The highest BCUT2D eigenvalue weighted by atomic mass is 79.9. The van der Waals surface area contributed by atoms with Gasteiger partial charge in [-0.3, -0.25) is 4.79 Å². The van der Waals surface area contributed by atoms with Gasteiger partial charge in [-0.2, -0.15) is 0 Å². The van der Waals surface area contributed by atoms with E-state index in [1.807, 2.05) is 6.92 Å². The topological polar surface area (TPSA) is 38.3 Å². The Morgan fingerprint density at radius 2 is 2.29 bits per heavy atom. The van der Waals surface area contributed by atoms with Crippen molar-refractivity contribution in [2.75, 3.05) is 13.7 Å². The van der Waals surface area contributed by atoms with E-state index in [9.17, 15) is 4.79 Å². The molecule has 4 heteroatoms. The Morgan fingerprint density at radius 3 is 2.86 bits per heavy atom. The van der Waals surface area contributed by atoms with Gasteiger partial charge in [0.25, 0.3) is 5.91 Å². The van der Waals surface area contributed by atoms with Gasteiger partial charge in [0.1, 0.15) is 5.75 Å². The zero-order valence-electron chi connectivity index (χ0n) is 8.13. The summed E-state index contributed by atoms with van der Waals surface area (Å²) in [7, 11) is 1.57. The van der Waals surface area contributed by atoms with Crippen LogP contribution in [0.1, 0.15) is 17.3 Å². The minimum atomic E-state index is -0.0988. The molecule has 0 aliphatic rings. The number of amides is 1. The number of benzene rings is 1. The van der Waals surface area contributed by atoms with Crippen molar-refractivity contribution >= 4 is 21.8 Å². The number of ether oxygens (including phenoxy) is 1. The van der Waals surface area contributed by atoms with Gasteiger partial charge in [0, 0.05) is 11.0 Å². The zero-order chi connectivity index (χ0) is 10.6. The van der Waals surface area contributed by atoms with Crippen LogP contribution in [0.4, 0.5) is 0 Å². The molecule has 1 N–H and O–H groups in total. The first-order chi connectivity index (χ1) is 6.69. The predicted molar refractivity (Wildman–Crippen MR) is 58.7 cm³/mol. The molecule has 0 heterocycles. The molecule has 0 aliphatic heterocycles. The lowest BCUT2D eigenvalue weighted by Crippen LogP contribution is -2.23. The molecule has 76 valence electrons. The summed E-state index contributed by atoms with van der Waals surface area (Å²) in [5, 5.41) is 2.73. The molecule has 0 fully saturated rings. The van der Waals surface area contributed by atoms with Gasteiger partial charge in [0.05, 0.1) is 12.7 Å². The Hall–Kier alpha value is -1.03. The van der Waals surface area contributed by atoms with Gasteiger partial charge in [-0.25, -0.2) is 0 Å². The highest BCUT2D eigenvalue weighted by Crippen LogP contribution is 2.22. The van der Waals surface area contributed by atoms with E-state index in [1.54, 1.807) is 25.3 Å². The molecular formula is C10H12BrNO2. The maximum atomic E-state index is 11.5. The molecule has 0 spiro atoms. The van der Waals surface area contributed by atoms with Crippen molar-refractivity contribution < 1.29 is 9.53 Å². The lowest BCUT2D eigenvalue weighted by Gasteiger charge is -2.06. The molecule has 14 heavy (non-hydrogen) atoms. The van der Waals surface area contributed by atoms with Crippen LogP contribution in [-0.2, 0) is 0 Å². The Kier molecular flexibility index (Phi) is 3.95. The maximum absolute atomic E-state index is 11.5. The number of halogens is 1. The first kappa shape index (κ1) is 11.0. The van der Waals surface area contributed by atoms with Crippen molar-refractivity contribution in [3.63, 3.8) is 0 Å². The average molecular weight is 258 g/mol. The maximum Gasteiger partial charge on any atom is 0.252 e. The number of carbonyl (C=O) groups excluding carboxylic acids is 1. The second-order valence-corrected chi connectivity index (χ2v) is 3.56. The van der Waals surface area contributed by atoms with Gasteiger partial charge in [-0.05, 0) is 41.1 Å². The Bertz CT molecular complexity index is 339. The predicted octanol–water partition coefficient (Wildman–Crippen LogP) is 2.21. The lowest BCUT2D eigenvalue weighted by molar-refractivity contribution is 0.0954. The molecule has 0 aromatic heterocycles. The first-order valence-electron chi connectivity index (χ1n) is 4.30. The summed E-state index contributed by atoms with van der Waals surface area (Å²) in [6, 6.07) is 5.30. The largest absolute Gasteiger partial charge is 0.497 e. The summed E-state index contributed by atoms with van der Waals surface area (Å²) in [6.45, 7) is 2.49. The zero-order valence-corrected chi connectivity index (χ0v) is 9.72. The number of rotatable bonds is 3. The van der Waals surface area contributed by atoms with Gasteiger partial charge in [-0.1, -0.05) is 0 Å². The molecule has 1 amide bonds. The SMILES string of the molecule is CCNC(=O)c1cc(OC)ccc1Br. The monoisotopic (exact) mass is 257 g/mol. The summed E-state index contributed by atoms with van der Waals surface area (Å²) in [6.07, 6.45) is 0. The average Bonchev–Trinajstić information content (AvgIpc) is 2.19. The van der Waals surface area contributed by atoms with E-state index < -0.39 is 0 Å². The van der Waals surface area contributed by atoms with Gasteiger partial charge < -0.3 is 10.1 Å². The van der Waals surface area contributed by atoms with E-state index in [2.05, 4.69) is 21.2 Å². The molecule has 0 bridgehead atoms. The van der Waals surface area contributed by atoms with Gasteiger partial charge in [0.2, 0.25) is 0 Å². The molecule has 0 aliphatic carbocycles. The number of carbonyl (C=O) groups is 1. The fraction of sp³-hybridized carbons (Fsp3) is 0.300. The molecule has 1 aromatic rings. The quantitative estimate of drug-likeness (QED) is 0.902. The molecule has 0 saturated carbocycles. The van der Waals surface area contributed by atoms with Crippen molar-refractivity contribution in [2.24, 2.45) is 0 Å². The third-order valence-corrected chi connectivity index (χ3v) is 2.45. The number of methoxy groups -OCH3 is 1. The van der Waals surface area contributed by atoms with Crippen LogP contribution in [0.25, 0.3) is 0 Å². The fourth-order valence-electron chi connectivity index (χ4n) is 1.06. The van der Waals surface area contributed by atoms with Crippen LogP contribution in [0.15, 0.2) is 22.7 Å². The normalized spacial score (nSPS) is 9.64. The third-order valence-electron chi connectivity index (χ3n) is 1.76. The smallest absolute Gasteiger partial charge is 0.252 e. The van der Waals surface area contributed by atoms with Crippen molar-refractivity contribution in [1.29, 1.82) is 0 Å². The summed E-state index contributed by atoms with van der Waals surface area (Å²) >= 11 is 3.31. The molecule has 0 saturated heterocycles. The van der Waals surface area contributed by atoms with Crippen molar-refractivity contribution in [3.8, 4) is 5.75 Å². The van der Waals surface area contributed by atoms with Crippen LogP contribution in [0.3, 0.4) is 0 Å². The Balaban J connectivity index is 2.99. The first-order valence-corrected chi connectivity index (χ1v) is 5.10. The number of hydrogen-bond donors (Lipinski definition) is 1. The van der Waals surface area contributed by atoms with Gasteiger partial charge in [0.15, 0.2) is 0 Å². The second kappa shape index (κ2) is 5.00. The number of hydrogen-bond acceptors (Lipinski definition) is 2. The third kappa shape index (κ3) is 2.48. The molecule has 0 unspecified atom stereocenters. The van der Waals surface area contributed by atoms with Crippen LogP contribution in [-0.4, -0.2) is 19.6 Å². The van der Waals surface area contributed by atoms with E-state index in [1.165, 1.54) is 0 Å². The van der Waals surface area contributed by atoms with E-state index in [0.29, 0.717) is 17.9 Å². The minimum Gasteiger partial charge on any atom is -0.497 e. The van der Waals surface area contributed by atoms with Crippen LogP contribution in [0.5, 0.6) is 5.75 Å². The van der Waals surface area contributed by atoms with Crippen LogP contribution in [0, 0.1) is 0 Å². The van der Waals surface area contributed by atoms with Crippen molar-refractivity contribution in [2.45, 2.75) is 6.92 Å². The summed E-state index contributed by atoms with van der Waals surface area (Å²) < 4.78 is 5.81. The van der Waals surface area contributed by atoms with E-state index in [-0.39, 0.29) is 5.91 Å². The standard InChI is InChI=1S/C10H12BrNO2/c1-3-12-10(13)8-6-7(14-2)4-5-9(8)11/h4-6H,3H2,1-2H3,(H,12,13). The highest BCUT2D eigenvalue weighted by Gasteiger charge is 2.09. The van der Waals surface area contributed by atoms with E-state index in [0.717, 1.165) is 4.47 Å². The summed E-state index contributed by atoms with van der Waals surface area (Å²) in [4.78, 5) is 11.5. The van der Waals surface area contributed by atoms with Gasteiger partial charge >= 0.3 is 0 Å². The van der Waals surface area contributed by atoms with Crippen molar-refractivity contribution in [1.82, 2.24) is 5.32 Å². The highest BCUT2D eigenvalue weighted by molar-refractivity contribution is 9.10. The van der Waals surface area contributed by atoms with Crippen LogP contribution in [0.2, 0.25) is 0 Å². The van der Waals surface area contributed by atoms with Crippen LogP contribution < -0.4 is 10.1 Å². The number of nitrogens with one attached hydrogen (secondary N) is 1. The summed E-state index contributed by atoms with van der Waals surface area (Å²) in [5.74, 6) is 0.577. The molecule has 1 aromatic carbocycles. The molecular weight excluding hydrogens is 246 g/mol. The Morgan fingerprint density at radius 1 is 1.57 bits per heavy atom. The van der Waals surface area contributed by atoms with E-state index in [4.69, 9.17) is 4.74 Å². The molecule has 1 rings (SSSR count). The lowest BCUT2D eigenvalue weighted by atomic mass is 10.2. The summed E-state index contributed by atoms with van der Waals surface area (Å²) in [5.41, 5.74) is 0.589. The van der Waals surface area contributed by atoms with E-state index >= 15 is 0 Å². The second-order valence-electron chi connectivity index (χ2n) is 2.71. The van der Waals surface area contributed by atoms with Crippen LogP contribution >= 0.6 is 15.9 Å². The Labute approximate surface area is 91.6 Å².